The molecule has 5 rings (SSSR count). The topological polar surface area (TPSA) is 131 Å². The summed E-state index contributed by atoms with van der Waals surface area (Å²) in [4.78, 5) is 8.95. The maximum absolute atomic E-state index is 13.4. The third kappa shape index (κ3) is 6.95. The van der Waals surface area contributed by atoms with Gasteiger partial charge in [-0.2, -0.15) is 13.9 Å². The number of hydrogen-bond donors (Lipinski definition) is 3. The van der Waals surface area contributed by atoms with Gasteiger partial charge in [-0.25, -0.2) is 17.8 Å². The van der Waals surface area contributed by atoms with Crippen molar-refractivity contribution in [1.29, 1.82) is 0 Å². The molecule has 2 aromatic carbocycles. The Bertz CT molecular complexity index is 1580. The fraction of sp³-hybridized carbons (Fsp3) is 0.296. The van der Waals surface area contributed by atoms with Crippen LogP contribution in [0.25, 0.3) is 11.3 Å². The van der Waals surface area contributed by atoms with Crippen molar-refractivity contribution in [3.8, 4) is 17.0 Å². The molecule has 3 heterocycles. The van der Waals surface area contributed by atoms with E-state index in [4.69, 9.17) is 9.47 Å². The molecule has 0 aliphatic carbocycles. The molecular weight excluding hydrogens is 561 g/mol. The molecule has 0 spiro atoms. The number of nitrogens with zero attached hydrogens (tertiary/aromatic N) is 3. The smallest absolute Gasteiger partial charge is 0.355 e. The number of sulfonamides is 1. The van der Waals surface area contributed by atoms with Crippen LogP contribution in [-0.2, 0) is 14.8 Å². The number of benzene rings is 2. The molecule has 41 heavy (non-hydrogen) atoms. The van der Waals surface area contributed by atoms with Crippen LogP contribution in [0.2, 0.25) is 0 Å². The van der Waals surface area contributed by atoms with Gasteiger partial charge in [0.2, 0.25) is 0 Å². The first-order chi connectivity index (χ1) is 19.7. The summed E-state index contributed by atoms with van der Waals surface area (Å²) in [5.41, 5.74) is 2.39. The molecule has 14 heteroatoms. The summed E-state index contributed by atoms with van der Waals surface area (Å²) in [6.45, 7) is 3.08. The molecule has 1 aliphatic heterocycles. The lowest BCUT2D eigenvalue weighted by molar-refractivity contribution is 0.0844. The highest BCUT2D eigenvalue weighted by Crippen LogP contribution is 2.35. The van der Waals surface area contributed by atoms with Crippen molar-refractivity contribution >= 4 is 27.3 Å². The summed E-state index contributed by atoms with van der Waals surface area (Å²) in [6.07, 6.45) is 4.51. The number of aromatic nitrogens is 4. The molecule has 1 fully saturated rings. The molecule has 0 amide bonds. The van der Waals surface area contributed by atoms with Crippen molar-refractivity contribution in [3.63, 3.8) is 0 Å². The summed E-state index contributed by atoms with van der Waals surface area (Å²) in [5.74, 6) is -2.83. The van der Waals surface area contributed by atoms with E-state index >= 15 is 0 Å². The minimum Gasteiger partial charge on any atom is -0.484 e. The summed E-state index contributed by atoms with van der Waals surface area (Å²) >= 11 is 0. The van der Waals surface area contributed by atoms with Gasteiger partial charge in [-0.05, 0) is 49.6 Å². The second-order valence-corrected chi connectivity index (χ2v) is 11.1. The highest BCUT2D eigenvalue weighted by Gasteiger charge is 2.26. The van der Waals surface area contributed by atoms with Gasteiger partial charge in [-0.1, -0.05) is 18.2 Å². The van der Waals surface area contributed by atoms with Crippen LogP contribution in [0.5, 0.6) is 5.75 Å². The van der Waals surface area contributed by atoms with E-state index in [-0.39, 0.29) is 11.4 Å². The second kappa shape index (κ2) is 12.1. The van der Waals surface area contributed by atoms with Crippen LogP contribution in [-0.4, -0.2) is 47.6 Å². The van der Waals surface area contributed by atoms with E-state index in [1.165, 1.54) is 42.5 Å². The number of nitrogens with one attached hydrogen (secondary N) is 3. The Morgan fingerprint density at radius 2 is 1.78 bits per heavy atom. The molecule has 2 aromatic heterocycles. The predicted octanol–water partition coefficient (Wildman–Crippen LogP) is 5.75. The third-order valence-corrected chi connectivity index (χ3v) is 7.54. The van der Waals surface area contributed by atoms with E-state index in [2.05, 4.69) is 25.5 Å². The number of halogens is 3. The fourth-order valence-corrected chi connectivity index (χ4v) is 4.90. The molecule has 4 aromatic rings. The number of H-pyrrole nitrogens is 1. The van der Waals surface area contributed by atoms with Crippen LogP contribution in [0.15, 0.2) is 60.9 Å². The Hall–Kier alpha value is -4.17. The van der Waals surface area contributed by atoms with Crippen molar-refractivity contribution < 1.29 is 31.1 Å². The Morgan fingerprint density at radius 3 is 2.46 bits per heavy atom. The molecule has 3 N–H and O–H groups in total. The number of rotatable bonds is 10. The third-order valence-electron chi connectivity index (χ3n) is 6.57. The Labute approximate surface area is 234 Å². The number of aromatic amines is 1. The van der Waals surface area contributed by atoms with E-state index in [9.17, 15) is 21.6 Å². The van der Waals surface area contributed by atoms with Gasteiger partial charge in [0.05, 0.1) is 29.5 Å². The predicted molar refractivity (Wildman–Crippen MR) is 146 cm³/mol. The van der Waals surface area contributed by atoms with Crippen molar-refractivity contribution in [2.75, 3.05) is 23.3 Å². The summed E-state index contributed by atoms with van der Waals surface area (Å²) < 4.78 is 76.5. The number of hydrogen-bond acceptors (Lipinski definition) is 8. The Morgan fingerprint density at radius 1 is 1.02 bits per heavy atom. The molecule has 216 valence electrons. The Kier molecular flexibility index (Phi) is 8.40. The van der Waals surface area contributed by atoms with Crippen LogP contribution in [0.3, 0.4) is 0 Å². The standard InChI is InChI=1S/C27H27F3N6O4S/c1-16(17-2-5-20(28)6-3-17)40-24-12-19(4-7-21(24)36-41(37,38)27(29)30)22-13-25(35-34-22)33-26-15-31-23(14-32-26)18-8-10-39-11-9-18/h2-7,12-16,18,27,36H,8-11H2,1H3,(H2,32,33,34,35)/t16-/m0/s1. The zero-order valence-electron chi connectivity index (χ0n) is 21.9. The highest BCUT2D eigenvalue weighted by atomic mass is 32.2. The van der Waals surface area contributed by atoms with Crippen molar-refractivity contribution in [3.05, 3.63) is 78.0 Å². The molecule has 0 unspecified atom stereocenters. The average molecular weight is 589 g/mol. The minimum absolute atomic E-state index is 0.0118. The van der Waals surface area contributed by atoms with E-state index in [1.54, 1.807) is 25.4 Å². The fourth-order valence-electron chi connectivity index (χ4n) is 4.33. The van der Waals surface area contributed by atoms with Crippen molar-refractivity contribution in [2.45, 2.75) is 37.5 Å². The lowest BCUT2D eigenvalue weighted by Crippen LogP contribution is -2.21. The van der Waals surface area contributed by atoms with E-state index < -0.39 is 27.7 Å². The van der Waals surface area contributed by atoms with E-state index in [0.29, 0.717) is 47.6 Å². The molecular formula is C27H27F3N6O4S. The number of ether oxygens (including phenoxy) is 2. The quantitative estimate of drug-likeness (QED) is 0.214. The lowest BCUT2D eigenvalue weighted by Gasteiger charge is -2.21. The monoisotopic (exact) mass is 588 g/mol. The average Bonchev–Trinajstić information content (AvgIpc) is 3.43. The highest BCUT2D eigenvalue weighted by molar-refractivity contribution is 7.93. The van der Waals surface area contributed by atoms with Crippen LogP contribution < -0.4 is 14.8 Å². The Balaban J connectivity index is 1.36. The molecule has 0 saturated carbocycles. The van der Waals surface area contributed by atoms with Gasteiger partial charge in [0, 0.05) is 30.8 Å². The van der Waals surface area contributed by atoms with Crippen molar-refractivity contribution in [1.82, 2.24) is 20.2 Å². The van der Waals surface area contributed by atoms with Gasteiger partial charge < -0.3 is 14.8 Å². The summed E-state index contributed by atoms with van der Waals surface area (Å²) in [7, 11) is -4.96. The van der Waals surface area contributed by atoms with Gasteiger partial charge in [0.1, 0.15) is 23.5 Å². The van der Waals surface area contributed by atoms with E-state index in [0.717, 1.165) is 18.5 Å². The molecule has 0 radical (unpaired) electrons. The molecule has 1 saturated heterocycles. The van der Waals surface area contributed by atoms with Crippen LogP contribution in [0.4, 0.5) is 30.5 Å². The van der Waals surface area contributed by atoms with Crippen molar-refractivity contribution in [2.24, 2.45) is 0 Å². The first kappa shape index (κ1) is 28.4. The summed E-state index contributed by atoms with van der Waals surface area (Å²) in [6, 6.07) is 11.6. The van der Waals surface area contributed by atoms with Gasteiger partial charge in [-0.3, -0.25) is 14.8 Å². The SMILES string of the molecule is C[C@H](Oc1cc(-c2cc(Nc3cnc(C4CCOCC4)cn3)n[nH]2)ccc1NS(=O)(=O)C(F)F)c1ccc(F)cc1. The molecule has 10 nitrogen and oxygen atoms in total. The normalized spacial score (nSPS) is 15.0. The first-order valence-electron chi connectivity index (χ1n) is 12.8. The zero-order chi connectivity index (χ0) is 29.0. The van der Waals surface area contributed by atoms with Gasteiger partial charge in [0.15, 0.2) is 5.82 Å². The first-order valence-corrected chi connectivity index (χ1v) is 14.3. The van der Waals surface area contributed by atoms with Crippen LogP contribution in [0.1, 0.15) is 43.0 Å². The van der Waals surface area contributed by atoms with Crippen LogP contribution in [0, 0.1) is 5.82 Å². The molecule has 1 atom stereocenters. The number of anilines is 3. The number of alkyl halides is 2. The molecule has 0 bridgehead atoms. The second-order valence-electron chi connectivity index (χ2n) is 9.44. The maximum atomic E-state index is 13.4. The van der Waals surface area contributed by atoms with E-state index in [1.807, 2.05) is 4.72 Å². The maximum Gasteiger partial charge on any atom is 0.355 e. The van der Waals surface area contributed by atoms with Gasteiger partial charge in [-0.15, -0.1) is 0 Å². The zero-order valence-corrected chi connectivity index (χ0v) is 22.7. The summed E-state index contributed by atoms with van der Waals surface area (Å²) in [5, 5.41) is 10.2. The molecule has 1 aliphatic rings. The van der Waals surface area contributed by atoms with Gasteiger partial charge >= 0.3 is 5.76 Å². The minimum atomic E-state index is -4.96. The lowest BCUT2D eigenvalue weighted by atomic mass is 9.97. The van der Waals surface area contributed by atoms with Gasteiger partial charge in [0.25, 0.3) is 10.0 Å². The largest absolute Gasteiger partial charge is 0.484 e. The van der Waals surface area contributed by atoms with Crippen LogP contribution >= 0.6 is 0 Å².